The molecule has 2 aliphatic rings. The van der Waals surface area contributed by atoms with Crippen molar-refractivity contribution in [1.82, 2.24) is 29.8 Å². The molecule has 0 aliphatic carbocycles. The average Bonchev–Trinajstić information content (AvgIpc) is 2.96. The zero-order valence-corrected chi connectivity index (χ0v) is 17.4. The summed E-state index contributed by atoms with van der Waals surface area (Å²) < 4.78 is 7.34. The summed E-state index contributed by atoms with van der Waals surface area (Å²) >= 11 is 0. The fourth-order valence-electron chi connectivity index (χ4n) is 3.71. The molecular formula is C19H32N6O3. The number of carbonyl (C=O) groups excluding carboxylic acids is 2. The van der Waals surface area contributed by atoms with Crippen LogP contribution in [0.25, 0.3) is 0 Å². The molecule has 3 rings (SSSR count). The van der Waals surface area contributed by atoms with Gasteiger partial charge >= 0.3 is 6.03 Å². The smallest absolute Gasteiger partial charge is 0.319 e. The molecule has 0 aromatic carbocycles. The maximum absolute atomic E-state index is 12.8. The number of carbonyl (C=O) groups is 2. The van der Waals surface area contributed by atoms with Crippen LogP contribution in [0, 0.1) is 0 Å². The first kappa shape index (κ1) is 20.6. The van der Waals surface area contributed by atoms with E-state index in [0.717, 1.165) is 44.0 Å². The molecule has 3 amide bonds. The van der Waals surface area contributed by atoms with Crippen molar-refractivity contribution in [2.75, 3.05) is 46.9 Å². The van der Waals surface area contributed by atoms with Crippen LogP contribution in [-0.2, 0) is 29.2 Å². The highest BCUT2D eigenvalue weighted by Crippen LogP contribution is 2.18. The molecule has 0 spiro atoms. The Morgan fingerprint density at radius 3 is 2.61 bits per heavy atom. The number of hydrogen-bond acceptors (Lipinski definition) is 5. The Morgan fingerprint density at radius 2 is 1.93 bits per heavy atom. The Kier molecular flexibility index (Phi) is 6.24. The second kappa shape index (κ2) is 8.48. The van der Waals surface area contributed by atoms with Gasteiger partial charge in [-0.05, 0) is 26.3 Å². The highest BCUT2D eigenvalue weighted by atomic mass is 16.5. The summed E-state index contributed by atoms with van der Waals surface area (Å²) in [6, 6.07) is 2.00. The maximum atomic E-state index is 12.8. The van der Waals surface area contributed by atoms with Gasteiger partial charge in [-0.15, -0.1) is 0 Å². The van der Waals surface area contributed by atoms with Crippen molar-refractivity contribution >= 4 is 11.9 Å². The highest BCUT2D eigenvalue weighted by Gasteiger charge is 2.35. The van der Waals surface area contributed by atoms with Crippen LogP contribution in [0.15, 0.2) is 6.07 Å². The number of aromatic nitrogens is 2. The molecule has 1 N–H and O–H groups in total. The molecule has 28 heavy (non-hydrogen) atoms. The highest BCUT2D eigenvalue weighted by molar-refractivity contribution is 5.85. The third kappa shape index (κ3) is 4.47. The van der Waals surface area contributed by atoms with Crippen molar-refractivity contribution in [2.24, 2.45) is 0 Å². The first-order chi connectivity index (χ1) is 13.3. The van der Waals surface area contributed by atoms with E-state index in [1.54, 1.807) is 19.0 Å². The van der Waals surface area contributed by atoms with Crippen molar-refractivity contribution in [3.8, 4) is 0 Å². The number of fused-ring (bicyclic) bond motifs is 1. The van der Waals surface area contributed by atoms with Gasteiger partial charge in [-0.3, -0.25) is 14.4 Å². The molecule has 1 fully saturated rings. The molecule has 0 atom stereocenters. The van der Waals surface area contributed by atoms with E-state index in [-0.39, 0.29) is 11.9 Å². The zero-order valence-electron chi connectivity index (χ0n) is 17.4. The van der Waals surface area contributed by atoms with Gasteiger partial charge in [0.05, 0.1) is 43.2 Å². The number of morpholine rings is 1. The Hall–Kier alpha value is -2.13. The quantitative estimate of drug-likeness (QED) is 0.807. The number of hydrogen-bond donors (Lipinski definition) is 1. The molecule has 0 unspecified atom stereocenters. The first-order valence-corrected chi connectivity index (χ1v) is 9.92. The normalized spacial score (nSPS) is 18.4. The predicted octanol–water partition coefficient (Wildman–Crippen LogP) is 0.497. The maximum Gasteiger partial charge on any atom is 0.319 e. The number of rotatable bonds is 4. The summed E-state index contributed by atoms with van der Waals surface area (Å²) in [5, 5.41) is 7.66. The van der Waals surface area contributed by atoms with Gasteiger partial charge in [-0.25, -0.2) is 4.79 Å². The van der Waals surface area contributed by atoms with E-state index in [0.29, 0.717) is 26.3 Å². The minimum Gasteiger partial charge on any atom is -0.379 e. The summed E-state index contributed by atoms with van der Waals surface area (Å²) in [4.78, 5) is 30.6. The molecule has 1 aromatic rings. The van der Waals surface area contributed by atoms with Crippen LogP contribution < -0.4 is 5.32 Å². The van der Waals surface area contributed by atoms with Crippen molar-refractivity contribution in [1.29, 1.82) is 0 Å². The summed E-state index contributed by atoms with van der Waals surface area (Å²) in [6.45, 7) is 9.15. The summed E-state index contributed by atoms with van der Waals surface area (Å²) in [5.74, 6) is -0.0120. The predicted molar refractivity (Wildman–Crippen MR) is 105 cm³/mol. The summed E-state index contributed by atoms with van der Waals surface area (Å²) in [5.41, 5.74) is 1.24. The minimum absolute atomic E-state index is 0.0109. The fraction of sp³-hybridized carbons (Fsp3) is 0.737. The molecule has 0 radical (unpaired) electrons. The molecule has 9 nitrogen and oxygen atoms in total. The number of ether oxygens (including phenoxy) is 1. The van der Waals surface area contributed by atoms with Gasteiger partial charge in [-0.2, -0.15) is 5.10 Å². The van der Waals surface area contributed by atoms with E-state index >= 15 is 0 Å². The first-order valence-electron chi connectivity index (χ1n) is 9.92. The Labute approximate surface area is 166 Å². The largest absolute Gasteiger partial charge is 0.379 e. The molecule has 0 bridgehead atoms. The molecule has 2 aliphatic heterocycles. The van der Waals surface area contributed by atoms with E-state index in [1.807, 2.05) is 29.5 Å². The minimum atomic E-state index is -0.588. The summed E-state index contributed by atoms with van der Waals surface area (Å²) in [7, 11) is 3.53. The molecule has 156 valence electrons. The van der Waals surface area contributed by atoms with Crippen LogP contribution in [0.3, 0.4) is 0 Å². The average molecular weight is 393 g/mol. The van der Waals surface area contributed by atoms with Crippen molar-refractivity contribution in [3.05, 3.63) is 17.5 Å². The van der Waals surface area contributed by atoms with Gasteiger partial charge < -0.3 is 19.9 Å². The van der Waals surface area contributed by atoms with Gasteiger partial charge in [-0.1, -0.05) is 0 Å². The van der Waals surface area contributed by atoms with E-state index in [2.05, 4.69) is 15.3 Å². The van der Waals surface area contributed by atoms with Crippen LogP contribution in [0.1, 0.15) is 31.7 Å². The third-order valence-electron chi connectivity index (χ3n) is 5.51. The van der Waals surface area contributed by atoms with E-state index in [4.69, 9.17) is 4.74 Å². The molecule has 1 aromatic heterocycles. The lowest BCUT2D eigenvalue weighted by molar-refractivity contribution is -0.134. The van der Waals surface area contributed by atoms with Crippen molar-refractivity contribution in [2.45, 2.75) is 45.4 Å². The van der Waals surface area contributed by atoms with Crippen LogP contribution in [0.2, 0.25) is 0 Å². The number of urea groups is 1. The van der Waals surface area contributed by atoms with Crippen molar-refractivity contribution < 1.29 is 14.3 Å². The number of nitrogens with one attached hydrogen (secondary N) is 1. The number of amides is 3. The zero-order chi connectivity index (χ0) is 20.3. The molecular weight excluding hydrogens is 360 g/mol. The Morgan fingerprint density at radius 1 is 1.21 bits per heavy atom. The molecule has 3 heterocycles. The Bertz CT molecular complexity index is 709. The van der Waals surface area contributed by atoms with Crippen molar-refractivity contribution in [3.63, 3.8) is 0 Å². The van der Waals surface area contributed by atoms with E-state index < -0.39 is 5.54 Å². The van der Waals surface area contributed by atoms with Crippen LogP contribution in [0.5, 0.6) is 0 Å². The monoisotopic (exact) mass is 392 g/mol. The second-order valence-electron chi connectivity index (χ2n) is 8.14. The second-order valence-corrected chi connectivity index (χ2v) is 8.14. The molecule has 0 saturated carbocycles. The topological polar surface area (TPSA) is 82.9 Å². The Balaban J connectivity index is 1.61. The van der Waals surface area contributed by atoms with Crippen LogP contribution in [0.4, 0.5) is 4.79 Å². The van der Waals surface area contributed by atoms with Gasteiger partial charge in [0.2, 0.25) is 5.91 Å². The lowest BCUT2D eigenvalue weighted by atomic mass is 10.0. The number of nitrogens with zero attached hydrogens (tertiary/aromatic N) is 5. The SMILES string of the molecule is CN(C)C(=O)N1CCCn2nc(CNC(=O)C(C)(C)N3CCOCC3)cc2C1. The van der Waals surface area contributed by atoms with E-state index in [1.165, 1.54) is 0 Å². The van der Waals surface area contributed by atoms with Gasteiger partial charge in [0, 0.05) is 40.3 Å². The summed E-state index contributed by atoms with van der Waals surface area (Å²) in [6.07, 6.45) is 0.865. The van der Waals surface area contributed by atoms with E-state index in [9.17, 15) is 9.59 Å². The van der Waals surface area contributed by atoms with Gasteiger partial charge in [0.15, 0.2) is 0 Å². The lowest BCUT2D eigenvalue weighted by Gasteiger charge is -2.39. The standard InChI is InChI=1S/C19H32N6O3/c1-19(2,24-8-10-28-11-9-24)17(26)20-13-15-12-16-14-23(18(27)22(3)4)6-5-7-25(16)21-15/h12H,5-11,13-14H2,1-4H3,(H,20,26). The third-order valence-corrected chi connectivity index (χ3v) is 5.51. The van der Waals surface area contributed by atoms with Gasteiger partial charge in [0.1, 0.15) is 0 Å². The molecule has 9 heteroatoms. The van der Waals surface area contributed by atoms with Gasteiger partial charge in [0.25, 0.3) is 0 Å². The molecule has 1 saturated heterocycles. The fourth-order valence-corrected chi connectivity index (χ4v) is 3.71. The number of aryl methyl sites for hydroxylation is 1. The van der Waals surface area contributed by atoms with Crippen LogP contribution >= 0.6 is 0 Å². The lowest BCUT2D eigenvalue weighted by Crippen LogP contribution is -2.57. The van der Waals surface area contributed by atoms with Crippen LogP contribution in [-0.4, -0.2) is 88.9 Å².